The Bertz CT molecular complexity index is 685. The SMILES string of the molecule is CN(C)c1cccc(C(=O)N2CCOC(Cc3ccccc3)C2)c1. The van der Waals surface area contributed by atoms with Crippen LogP contribution in [0.5, 0.6) is 0 Å². The Morgan fingerprint density at radius 3 is 2.71 bits per heavy atom. The van der Waals surface area contributed by atoms with Crippen LogP contribution in [-0.4, -0.2) is 50.7 Å². The summed E-state index contributed by atoms with van der Waals surface area (Å²) in [6.45, 7) is 1.88. The average molecular weight is 324 g/mol. The molecule has 4 heteroatoms. The lowest BCUT2D eigenvalue weighted by molar-refractivity contribution is -0.0208. The minimum atomic E-state index is 0.0575. The van der Waals surface area contributed by atoms with Crippen LogP contribution in [-0.2, 0) is 11.2 Å². The molecule has 1 saturated heterocycles. The van der Waals surface area contributed by atoms with Crippen LogP contribution >= 0.6 is 0 Å². The lowest BCUT2D eigenvalue weighted by Crippen LogP contribution is -2.46. The van der Waals surface area contributed by atoms with Gasteiger partial charge in [-0.25, -0.2) is 0 Å². The van der Waals surface area contributed by atoms with Gasteiger partial charge < -0.3 is 14.5 Å². The molecule has 1 atom stereocenters. The molecular formula is C20H24N2O2. The van der Waals surface area contributed by atoms with Gasteiger partial charge in [0.15, 0.2) is 0 Å². The number of hydrogen-bond acceptors (Lipinski definition) is 3. The van der Waals surface area contributed by atoms with Crippen molar-refractivity contribution in [3.05, 3.63) is 65.7 Å². The third-order valence-electron chi connectivity index (χ3n) is 4.34. The zero-order valence-electron chi connectivity index (χ0n) is 14.3. The molecule has 2 aromatic rings. The van der Waals surface area contributed by atoms with Gasteiger partial charge >= 0.3 is 0 Å². The molecule has 3 rings (SSSR count). The first-order chi connectivity index (χ1) is 11.6. The highest BCUT2D eigenvalue weighted by atomic mass is 16.5. The van der Waals surface area contributed by atoms with Crippen LogP contribution in [0.2, 0.25) is 0 Å². The minimum Gasteiger partial charge on any atom is -0.378 e. The molecule has 1 unspecified atom stereocenters. The standard InChI is InChI=1S/C20H24N2O2/c1-21(2)18-10-6-9-17(14-18)20(23)22-11-12-24-19(15-22)13-16-7-4-3-5-8-16/h3-10,14,19H,11-13,15H2,1-2H3. The van der Waals surface area contributed by atoms with E-state index in [9.17, 15) is 4.79 Å². The first kappa shape index (κ1) is 16.5. The molecule has 0 radical (unpaired) electrons. The molecule has 2 aromatic carbocycles. The van der Waals surface area contributed by atoms with Crippen LogP contribution < -0.4 is 4.90 Å². The number of rotatable bonds is 4. The maximum absolute atomic E-state index is 12.8. The van der Waals surface area contributed by atoms with Crippen molar-refractivity contribution in [3.8, 4) is 0 Å². The van der Waals surface area contributed by atoms with Crippen molar-refractivity contribution < 1.29 is 9.53 Å². The van der Waals surface area contributed by atoms with Crippen molar-refractivity contribution >= 4 is 11.6 Å². The van der Waals surface area contributed by atoms with Crippen molar-refractivity contribution in [2.75, 3.05) is 38.7 Å². The van der Waals surface area contributed by atoms with E-state index in [2.05, 4.69) is 12.1 Å². The van der Waals surface area contributed by atoms with Gasteiger partial charge in [0.05, 0.1) is 12.7 Å². The van der Waals surface area contributed by atoms with Gasteiger partial charge in [0, 0.05) is 44.9 Å². The van der Waals surface area contributed by atoms with E-state index in [1.807, 2.05) is 66.4 Å². The third-order valence-corrected chi connectivity index (χ3v) is 4.34. The number of ether oxygens (including phenoxy) is 1. The number of nitrogens with zero attached hydrogens (tertiary/aromatic N) is 2. The molecule has 1 aliphatic heterocycles. The second-order valence-corrected chi connectivity index (χ2v) is 6.38. The second kappa shape index (κ2) is 7.49. The fourth-order valence-corrected chi connectivity index (χ4v) is 3.00. The average Bonchev–Trinajstić information content (AvgIpc) is 2.62. The Kier molecular flexibility index (Phi) is 5.16. The summed E-state index contributed by atoms with van der Waals surface area (Å²) < 4.78 is 5.86. The maximum Gasteiger partial charge on any atom is 0.254 e. The predicted octanol–water partition coefficient (Wildman–Crippen LogP) is 2.84. The summed E-state index contributed by atoms with van der Waals surface area (Å²) in [5.41, 5.74) is 3.02. The first-order valence-electron chi connectivity index (χ1n) is 8.35. The van der Waals surface area contributed by atoms with Gasteiger partial charge in [0.2, 0.25) is 0 Å². The number of benzene rings is 2. The Labute approximate surface area is 143 Å². The fourth-order valence-electron chi connectivity index (χ4n) is 3.00. The maximum atomic E-state index is 12.8. The minimum absolute atomic E-state index is 0.0575. The summed E-state index contributed by atoms with van der Waals surface area (Å²) >= 11 is 0. The van der Waals surface area contributed by atoms with Gasteiger partial charge in [-0.05, 0) is 23.8 Å². The number of anilines is 1. The van der Waals surface area contributed by atoms with Crippen molar-refractivity contribution in [3.63, 3.8) is 0 Å². The van der Waals surface area contributed by atoms with Crippen LogP contribution in [0.4, 0.5) is 5.69 Å². The number of morpholine rings is 1. The summed E-state index contributed by atoms with van der Waals surface area (Å²) in [7, 11) is 3.96. The van der Waals surface area contributed by atoms with Gasteiger partial charge in [0.25, 0.3) is 5.91 Å². The number of hydrogen-bond donors (Lipinski definition) is 0. The molecule has 1 heterocycles. The Balaban J connectivity index is 1.68. The Morgan fingerprint density at radius 2 is 1.96 bits per heavy atom. The smallest absolute Gasteiger partial charge is 0.254 e. The highest BCUT2D eigenvalue weighted by molar-refractivity contribution is 5.95. The summed E-state index contributed by atoms with van der Waals surface area (Å²) in [6.07, 6.45) is 0.893. The van der Waals surface area contributed by atoms with Crippen LogP contribution in [0, 0.1) is 0 Å². The topological polar surface area (TPSA) is 32.8 Å². The Morgan fingerprint density at radius 1 is 1.17 bits per heavy atom. The van der Waals surface area contributed by atoms with E-state index in [1.54, 1.807) is 0 Å². The van der Waals surface area contributed by atoms with Gasteiger partial charge in [0.1, 0.15) is 0 Å². The molecule has 0 aliphatic carbocycles. The van der Waals surface area contributed by atoms with Crippen LogP contribution in [0.15, 0.2) is 54.6 Å². The van der Waals surface area contributed by atoms with Gasteiger partial charge in [-0.15, -0.1) is 0 Å². The molecule has 0 bridgehead atoms. The molecule has 1 aliphatic rings. The summed E-state index contributed by atoms with van der Waals surface area (Å²) in [5, 5.41) is 0. The number of amides is 1. The molecule has 4 nitrogen and oxygen atoms in total. The summed E-state index contributed by atoms with van der Waals surface area (Å²) in [5.74, 6) is 0.0834. The lowest BCUT2D eigenvalue weighted by Gasteiger charge is -2.33. The van der Waals surface area contributed by atoms with Crippen LogP contribution in [0.3, 0.4) is 0 Å². The van der Waals surface area contributed by atoms with E-state index in [0.717, 1.165) is 17.7 Å². The molecule has 0 N–H and O–H groups in total. The lowest BCUT2D eigenvalue weighted by atomic mass is 10.1. The Hall–Kier alpha value is -2.33. The zero-order valence-corrected chi connectivity index (χ0v) is 14.3. The zero-order chi connectivity index (χ0) is 16.9. The van der Waals surface area contributed by atoms with Crippen molar-refractivity contribution in [1.82, 2.24) is 4.90 Å². The number of carbonyl (C=O) groups is 1. The monoisotopic (exact) mass is 324 g/mol. The van der Waals surface area contributed by atoms with Gasteiger partial charge in [-0.3, -0.25) is 4.79 Å². The van der Waals surface area contributed by atoms with Crippen molar-refractivity contribution in [2.45, 2.75) is 12.5 Å². The van der Waals surface area contributed by atoms with E-state index >= 15 is 0 Å². The van der Waals surface area contributed by atoms with Gasteiger partial charge in [-0.2, -0.15) is 0 Å². The molecule has 24 heavy (non-hydrogen) atoms. The fraction of sp³-hybridized carbons (Fsp3) is 0.350. The summed E-state index contributed by atoms with van der Waals surface area (Å²) in [4.78, 5) is 16.7. The van der Waals surface area contributed by atoms with E-state index in [4.69, 9.17) is 4.74 Å². The number of carbonyl (C=O) groups excluding carboxylic acids is 1. The second-order valence-electron chi connectivity index (χ2n) is 6.38. The van der Waals surface area contributed by atoms with E-state index < -0.39 is 0 Å². The molecule has 0 spiro atoms. The van der Waals surface area contributed by atoms with Gasteiger partial charge in [-0.1, -0.05) is 36.4 Å². The molecule has 1 fully saturated rings. The quantitative estimate of drug-likeness (QED) is 0.867. The van der Waals surface area contributed by atoms with Crippen LogP contribution in [0.25, 0.3) is 0 Å². The van der Waals surface area contributed by atoms with E-state index in [-0.39, 0.29) is 12.0 Å². The van der Waals surface area contributed by atoms with Crippen molar-refractivity contribution in [2.24, 2.45) is 0 Å². The molecule has 0 aromatic heterocycles. The third kappa shape index (κ3) is 3.95. The van der Waals surface area contributed by atoms with Crippen molar-refractivity contribution in [1.29, 1.82) is 0 Å². The predicted molar refractivity (Wildman–Crippen MR) is 96.6 cm³/mol. The molecule has 0 saturated carbocycles. The summed E-state index contributed by atoms with van der Waals surface area (Å²) in [6, 6.07) is 18.1. The normalized spacial score (nSPS) is 17.6. The first-order valence-corrected chi connectivity index (χ1v) is 8.35. The van der Waals surface area contributed by atoms with Crippen LogP contribution in [0.1, 0.15) is 15.9 Å². The molecule has 1 amide bonds. The molecule has 126 valence electrons. The highest BCUT2D eigenvalue weighted by Gasteiger charge is 2.25. The van der Waals surface area contributed by atoms with E-state index in [1.165, 1.54) is 5.56 Å². The largest absolute Gasteiger partial charge is 0.378 e. The molecular weight excluding hydrogens is 300 g/mol. The van der Waals surface area contributed by atoms with E-state index in [0.29, 0.717) is 19.7 Å². The highest BCUT2D eigenvalue weighted by Crippen LogP contribution is 2.18.